The third-order valence-corrected chi connectivity index (χ3v) is 6.71. The molecule has 0 spiro atoms. The van der Waals surface area contributed by atoms with Gasteiger partial charge in [0.1, 0.15) is 5.82 Å². The Morgan fingerprint density at radius 2 is 1.79 bits per heavy atom. The molecule has 0 saturated carbocycles. The van der Waals surface area contributed by atoms with E-state index in [2.05, 4.69) is 4.72 Å². The van der Waals surface area contributed by atoms with Gasteiger partial charge in [-0.3, -0.25) is 9.52 Å². The van der Waals surface area contributed by atoms with Crippen LogP contribution in [-0.2, 0) is 14.8 Å². The molecule has 0 bridgehead atoms. The molecule has 1 N–H and O–H groups in total. The largest absolute Gasteiger partial charge is 0.619 e. The second-order valence-electron chi connectivity index (χ2n) is 7.28. The topological polar surface area (TPSA) is 103 Å². The van der Waals surface area contributed by atoms with E-state index in [-0.39, 0.29) is 26.7 Å². The predicted octanol–water partition coefficient (Wildman–Crippen LogP) is 2.98. The average molecular weight is 492 g/mol. The van der Waals surface area contributed by atoms with Crippen LogP contribution in [0.3, 0.4) is 0 Å². The number of rotatable bonds is 6. The first-order valence-corrected chi connectivity index (χ1v) is 11.8. The van der Waals surface area contributed by atoms with Crippen molar-refractivity contribution in [2.75, 3.05) is 35.9 Å². The van der Waals surface area contributed by atoms with Crippen molar-refractivity contribution in [1.29, 1.82) is 0 Å². The number of ether oxygens (including phenoxy) is 1. The zero-order valence-corrected chi connectivity index (χ0v) is 18.8. The molecule has 2 heterocycles. The van der Waals surface area contributed by atoms with Gasteiger partial charge in [-0.2, -0.15) is 4.73 Å². The van der Waals surface area contributed by atoms with Gasteiger partial charge in [-0.15, -0.1) is 0 Å². The molecular formula is C22H19ClFN3O5S. The quantitative estimate of drug-likeness (QED) is 0.323. The lowest BCUT2D eigenvalue weighted by molar-refractivity contribution is -0.605. The molecular weight excluding hydrogens is 473 g/mol. The molecule has 0 atom stereocenters. The van der Waals surface area contributed by atoms with Crippen LogP contribution < -0.4 is 14.4 Å². The molecule has 0 amide bonds. The van der Waals surface area contributed by atoms with Gasteiger partial charge in [0, 0.05) is 41.4 Å². The smallest absolute Gasteiger partial charge is 0.262 e. The lowest BCUT2D eigenvalue weighted by atomic mass is 10.0. The highest BCUT2D eigenvalue weighted by Crippen LogP contribution is 2.28. The van der Waals surface area contributed by atoms with Crippen molar-refractivity contribution in [3.63, 3.8) is 0 Å². The Hall–Kier alpha value is -3.21. The van der Waals surface area contributed by atoms with Crippen molar-refractivity contribution in [1.82, 2.24) is 0 Å². The molecule has 8 nitrogen and oxygen atoms in total. The standard InChI is InChI=1S/C22H19ClFN3O5S/c23-16-1-3-20(18(13-16)22(28)15-5-7-27(29)8-6-15)25-33(30,31)17-2-4-21(19(24)14-17)26-9-11-32-12-10-26/h1-8,13-14,25H,9-12H2. The Morgan fingerprint density at radius 1 is 1.09 bits per heavy atom. The van der Waals surface area contributed by atoms with Crippen molar-refractivity contribution in [2.24, 2.45) is 0 Å². The summed E-state index contributed by atoms with van der Waals surface area (Å²) in [5, 5.41) is 11.5. The van der Waals surface area contributed by atoms with Crippen LogP contribution in [0, 0.1) is 11.0 Å². The normalized spacial score (nSPS) is 14.2. The highest BCUT2D eigenvalue weighted by Gasteiger charge is 2.23. The third kappa shape index (κ3) is 5.08. The van der Waals surface area contributed by atoms with Crippen LogP contribution in [0.15, 0.2) is 65.8 Å². The fraction of sp³-hybridized carbons (Fsp3) is 0.182. The Morgan fingerprint density at radius 3 is 2.45 bits per heavy atom. The van der Waals surface area contributed by atoms with E-state index < -0.39 is 21.6 Å². The second kappa shape index (κ2) is 9.34. The van der Waals surface area contributed by atoms with E-state index in [0.717, 1.165) is 18.5 Å². The van der Waals surface area contributed by atoms with Gasteiger partial charge in [0.2, 0.25) is 0 Å². The summed E-state index contributed by atoms with van der Waals surface area (Å²) < 4.78 is 48.8. The van der Waals surface area contributed by atoms with Crippen molar-refractivity contribution >= 4 is 38.8 Å². The first-order valence-electron chi connectivity index (χ1n) is 9.93. The maximum atomic E-state index is 14.7. The molecule has 1 aliphatic rings. The minimum atomic E-state index is -4.22. The minimum Gasteiger partial charge on any atom is -0.619 e. The average Bonchev–Trinajstić information content (AvgIpc) is 2.80. The van der Waals surface area contributed by atoms with Crippen LogP contribution in [-0.4, -0.2) is 40.5 Å². The molecule has 3 aromatic rings. The number of benzene rings is 2. The number of anilines is 2. The molecule has 0 radical (unpaired) electrons. The molecule has 1 aliphatic heterocycles. The Kier molecular flexibility index (Phi) is 6.50. The Labute approximate surface area is 194 Å². The van der Waals surface area contributed by atoms with Gasteiger partial charge >= 0.3 is 0 Å². The molecule has 0 unspecified atom stereocenters. The monoisotopic (exact) mass is 491 g/mol. The number of carbonyl (C=O) groups is 1. The Balaban J connectivity index is 1.64. The maximum absolute atomic E-state index is 14.7. The number of nitrogens with zero attached hydrogens (tertiary/aromatic N) is 2. The number of hydrogen-bond acceptors (Lipinski definition) is 6. The zero-order chi connectivity index (χ0) is 23.6. The molecule has 33 heavy (non-hydrogen) atoms. The predicted molar refractivity (Wildman–Crippen MR) is 121 cm³/mol. The van der Waals surface area contributed by atoms with E-state index in [9.17, 15) is 22.8 Å². The van der Waals surface area contributed by atoms with Gasteiger partial charge < -0.3 is 14.8 Å². The lowest BCUT2D eigenvalue weighted by Gasteiger charge is -2.29. The molecule has 1 aromatic heterocycles. The summed E-state index contributed by atoms with van der Waals surface area (Å²) >= 11 is 6.03. The van der Waals surface area contributed by atoms with Crippen molar-refractivity contribution in [3.8, 4) is 0 Å². The van der Waals surface area contributed by atoms with E-state index in [1.165, 1.54) is 42.5 Å². The van der Waals surface area contributed by atoms with E-state index in [1.54, 1.807) is 4.90 Å². The fourth-order valence-electron chi connectivity index (χ4n) is 3.43. The first kappa shape index (κ1) is 23.0. The molecule has 1 saturated heterocycles. The number of halogens is 2. The van der Waals surface area contributed by atoms with Gasteiger partial charge in [-0.25, -0.2) is 12.8 Å². The van der Waals surface area contributed by atoms with E-state index in [0.29, 0.717) is 36.7 Å². The second-order valence-corrected chi connectivity index (χ2v) is 9.40. The zero-order valence-electron chi connectivity index (χ0n) is 17.2. The maximum Gasteiger partial charge on any atom is 0.262 e. The summed E-state index contributed by atoms with van der Waals surface area (Å²) in [4.78, 5) is 14.4. The molecule has 0 aliphatic carbocycles. The van der Waals surface area contributed by atoms with Gasteiger partial charge in [-0.05, 0) is 36.4 Å². The number of ketones is 1. The summed E-state index contributed by atoms with van der Waals surface area (Å²) in [7, 11) is -4.22. The van der Waals surface area contributed by atoms with Crippen LogP contribution in [0.25, 0.3) is 0 Å². The van der Waals surface area contributed by atoms with Gasteiger partial charge in [-0.1, -0.05) is 11.6 Å². The summed E-state index contributed by atoms with van der Waals surface area (Å²) in [6.45, 7) is 1.93. The van der Waals surface area contributed by atoms with Crippen LogP contribution in [0.1, 0.15) is 15.9 Å². The van der Waals surface area contributed by atoms with Crippen LogP contribution in [0.4, 0.5) is 15.8 Å². The van der Waals surface area contributed by atoms with E-state index in [1.807, 2.05) is 0 Å². The number of hydrogen-bond donors (Lipinski definition) is 1. The van der Waals surface area contributed by atoms with E-state index >= 15 is 0 Å². The Bertz CT molecular complexity index is 1300. The van der Waals surface area contributed by atoms with Gasteiger partial charge in [0.05, 0.1) is 29.5 Å². The molecule has 4 rings (SSSR count). The number of carbonyl (C=O) groups excluding carboxylic acids is 1. The SMILES string of the molecule is O=C(c1cc[n+]([O-])cc1)c1cc(Cl)ccc1NS(=O)(=O)c1ccc(N2CCOCC2)c(F)c1. The molecule has 172 valence electrons. The van der Waals surface area contributed by atoms with Crippen LogP contribution in [0.2, 0.25) is 5.02 Å². The molecule has 1 fully saturated rings. The summed E-state index contributed by atoms with van der Waals surface area (Å²) in [6.07, 6.45) is 2.31. The lowest BCUT2D eigenvalue weighted by Crippen LogP contribution is -2.36. The van der Waals surface area contributed by atoms with Crippen molar-refractivity contribution in [3.05, 3.63) is 88.1 Å². The van der Waals surface area contributed by atoms with Gasteiger partial charge in [0.25, 0.3) is 10.0 Å². The number of morpholine rings is 1. The summed E-state index contributed by atoms with van der Waals surface area (Å²) in [5.41, 5.74) is 0.422. The highest BCUT2D eigenvalue weighted by atomic mass is 35.5. The number of pyridine rings is 1. The molecule has 2 aromatic carbocycles. The van der Waals surface area contributed by atoms with Gasteiger partial charge in [0.15, 0.2) is 18.2 Å². The van der Waals surface area contributed by atoms with Crippen molar-refractivity contribution in [2.45, 2.75) is 4.90 Å². The molecule has 11 heteroatoms. The summed E-state index contributed by atoms with van der Waals surface area (Å²) in [5.74, 6) is -1.22. The fourth-order valence-corrected chi connectivity index (χ4v) is 4.70. The number of nitrogens with one attached hydrogen (secondary N) is 1. The van der Waals surface area contributed by atoms with Crippen LogP contribution in [0.5, 0.6) is 0 Å². The van der Waals surface area contributed by atoms with Crippen molar-refractivity contribution < 1.29 is 27.1 Å². The number of sulfonamides is 1. The van der Waals surface area contributed by atoms with E-state index in [4.69, 9.17) is 16.3 Å². The number of aromatic nitrogens is 1. The third-order valence-electron chi connectivity index (χ3n) is 5.12. The van der Waals surface area contributed by atoms with Crippen LogP contribution >= 0.6 is 11.6 Å². The summed E-state index contributed by atoms with van der Waals surface area (Å²) in [6, 6.07) is 10.4. The minimum absolute atomic E-state index is 0.0138. The highest BCUT2D eigenvalue weighted by molar-refractivity contribution is 7.92. The first-order chi connectivity index (χ1) is 15.7.